The van der Waals surface area contributed by atoms with E-state index < -0.39 is 12.3 Å². The predicted molar refractivity (Wildman–Crippen MR) is 118 cm³/mol. The molecule has 4 rings (SSSR count). The third kappa shape index (κ3) is 4.31. The summed E-state index contributed by atoms with van der Waals surface area (Å²) in [5.74, 6) is 1.20. The van der Waals surface area contributed by atoms with Gasteiger partial charge in [-0.25, -0.2) is 0 Å². The van der Waals surface area contributed by atoms with Gasteiger partial charge in [-0.3, -0.25) is 4.58 Å². The Labute approximate surface area is 182 Å². The summed E-state index contributed by atoms with van der Waals surface area (Å²) in [6.07, 6.45) is 4.19. The molecular weight excluding hydrogens is 398 g/mol. The Morgan fingerprint density at radius 1 is 1.00 bits per heavy atom. The third-order valence-corrected chi connectivity index (χ3v) is 6.27. The molecule has 0 radical (unpaired) electrons. The van der Waals surface area contributed by atoms with Crippen LogP contribution in [0.2, 0.25) is 0 Å². The minimum Gasteiger partial charge on any atom is -0.435 e. The van der Waals surface area contributed by atoms with Gasteiger partial charge in [0.25, 0.3) is 11.6 Å². The average Bonchev–Trinajstić information content (AvgIpc) is 2.84. The Morgan fingerprint density at radius 2 is 1.68 bits per heavy atom. The van der Waals surface area contributed by atoms with E-state index in [1.54, 1.807) is 12.1 Å². The zero-order valence-corrected chi connectivity index (χ0v) is 18.4. The molecule has 4 nitrogen and oxygen atoms in total. The summed E-state index contributed by atoms with van der Waals surface area (Å²) in [5, 5.41) is 12.0. The fourth-order valence-corrected chi connectivity index (χ4v) is 4.62. The molecule has 0 saturated carbocycles. The first-order valence-corrected chi connectivity index (χ1v) is 11.0. The lowest BCUT2D eigenvalue weighted by Crippen LogP contribution is -2.47. The molecule has 2 heterocycles. The van der Waals surface area contributed by atoms with Gasteiger partial charge in [-0.05, 0) is 54.5 Å². The number of benzene rings is 2. The van der Waals surface area contributed by atoms with E-state index in [0.29, 0.717) is 6.54 Å². The number of halogens is 2. The normalized spacial score (nSPS) is 22.0. The summed E-state index contributed by atoms with van der Waals surface area (Å²) >= 11 is 0. The van der Waals surface area contributed by atoms with Crippen LogP contribution in [0.15, 0.2) is 48.5 Å². The summed E-state index contributed by atoms with van der Waals surface area (Å²) in [7, 11) is 0. The maximum atomic E-state index is 12.6. The van der Waals surface area contributed by atoms with Crippen LogP contribution < -0.4 is 9.64 Å². The van der Waals surface area contributed by atoms with Gasteiger partial charge in [0.05, 0.1) is 6.54 Å². The van der Waals surface area contributed by atoms with Crippen LogP contribution in [0.1, 0.15) is 57.6 Å². The number of ether oxygens (including phenoxy) is 1. The first kappa shape index (κ1) is 21.8. The molecule has 0 amide bonds. The van der Waals surface area contributed by atoms with E-state index in [9.17, 15) is 13.9 Å². The van der Waals surface area contributed by atoms with E-state index in [-0.39, 0.29) is 11.2 Å². The van der Waals surface area contributed by atoms with Gasteiger partial charge in [0.2, 0.25) is 0 Å². The fraction of sp³-hybridized carbons (Fsp3) is 0.480. The molecule has 2 aliphatic heterocycles. The Balaban J connectivity index is 1.74. The van der Waals surface area contributed by atoms with E-state index >= 15 is 0 Å². The number of anilines is 1. The number of hydrogen-bond donors (Lipinski definition) is 1. The molecule has 6 heteroatoms. The van der Waals surface area contributed by atoms with E-state index in [0.717, 1.165) is 49.3 Å². The van der Waals surface area contributed by atoms with Gasteiger partial charge >= 0.3 is 6.61 Å². The molecule has 2 aliphatic rings. The Morgan fingerprint density at radius 3 is 2.29 bits per heavy atom. The highest BCUT2D eigenvalue weighted by Crippen LogP contribution is 2.39. The van der Waals surface area contributed by atoms with Gasteiger partial charge in [-0.1, -0.05) is 45.0 Å². The van der Waals surface area contributed by atoms with Crippen molar-refractivity contribution in [2.45, 2.75) is 64.2 Å². The van der Waals surface area contributed by atoms with Gasteiger partial charge in [0, 0.05) is 12.0 Å². The van der Waals surface area contributed by atoms with Gasteiger partial charge in [-0.2, -0.15) is 13.7 Å². The van der Waals surface area contributed by atoms with Crippen LogP contribution in [-0.4, -0.2) is 35.2 Å². The van der Waals surface area contributed by atoms with Crippen molar-refractivity contribution in [2.75, 3.05) is 18.0 Å². The number of rotatable bonds is 4. The van der Waals surface area contributed by atoms with Gasteiger partial charge in [-0.15, -0.1) is 0 Å². The van der Waals surface area contributed by atoms with Crippen LogP contribution in [0.4, 0.5) is 14.5 Å². The molecule has 1 N–H and O–H groups in total. The summed E-state index contributed by atoms with van der Waals surface area (Å²) in [5.41, 5.74) is 1.60. The fourth-order valence-electron chi connectivity index (χ4n) is 4.62. The van der Waals surface area contributed by atoms with Gasteiger partial charge in [0.1, 0.15) is 11.4 Å². The van der Waals surface area contributed by atoms with Crippen molar-refractivity contribution in [2.24, 2.45) is 0 Å². The molecule has 31 heavy (non-hydrogen) atoms. The highest BCUT2D eigenvalue weighted by molar-refractivity contribution is 5.97. The average molecular weight is 430 g/mol. The number of hydrogen-bond acceptors (Lipinski definition) is 3. The van der Waals surface area contributed by atoms with Crippen molar-refractivity contribution in [1.82, 2.24) is 0 Å². The SMILES string of the molecule is CC(C)(C)c1ccc([C@@]2(O)C[N+]3=C(CCCCC3)N2c2ccc(OC(F)F)cc2)cc1. The quantitative estimate of drug-likeness (QED) is 0.676. The number of amidine groups is 1. The molecule has 2 aromatic rings. The Kier molecular flexibility index (Phi) is 5.77. The maximum absolute atomic E-state index is 12.6. The topological polar surface area (TPSA) is 35.7 Å². The Bertz CT molecular complexity index is 949. The van der Waals surface area contributed by atoms with E-state index in [2.05, 4.69) is 42.2 Å². The molecule has 0 saturated heterocycles. The van der Waals surface area contributed by atoms with Crippen molar-refractivity contribution in [3.63, 3.8) is 0 Å². The lowest BCUT2D eigenvalue weighted by Gasteiger charge is -2.30. The minimum atomic E-state index is -2.86. The second-order valence-electron chi connectivity index (χ2n) is 9.50. The van der Waals surface area contributed by atoms with Gasteiger partial charge < -0.3 is 9.84 Å². The summed E-state index contributed by atoms with van der Waals surface area (Å²) in [6, 6.07) is 14.7. The van der Waals surface area contributed by atoms with Crippen molar-refractivity contribution in [3.05, 3.63) is 59.7 Å². The minimum absolute atomic E-state index is 0.0290. The molecule has 0 fully saturated rings. The van der Waals surface area contributed by atoms with Gasteiger partial charge in [0.15, 0.2) is 6.54 Å². The van der Waals surface area contributed by atoms with E-state index in [1.807, 2.05) is 17.0 Å². The largest absolute Gasteiger partial charge is 0.435 e. The van der Waals surface area contributed by atoms with E-state index in [1.165, 1.54) is 17.7 Å². The molecule has 0 aliphatic carbocycles. The Hall–Kier alpha value is -2.47. The standard InChI is InChI=1S/C25H31F2N2O2/c1-24(2,3)18-8-10-19(11-9-18)25(30)17-28-16-6-4-5-7-22(28)29(25)20-12-14-21(15-13-20)31-23(26)27/h8-15,23,30H,4-7,16-17H2,1-3H3/q+1/t25-/m0/s1. The predicted octanol–water partition coefficient (Wildman–Crippen LogP) is 5.24. The number of alkyl halides is 2. The second-order valence-corrected chi connectivity index (χ2v) is 9.50. The van der Waals surface area contributed by atoms with Crippen LogP contribution in [0.3, 0.4) is 0 Å². The lowest BCUT2D eigenvalue weighted by atomic mass is 9.85. The van der Waals surface area contributed by atoms with Crippen LogP contribution in [0, 0.1) is 0 Å². The zero-order valence-electron chi connectivity index (χ0n) is 18.4. The summed E-state index contributed by atoms with van der Waals surface area (Å²) in [6.45, 7) is 5.03. The molecular formula is C25H31F2N2O2+. The summed E-state index contributed by atoms with van der Waals surface area (Å²) in [4.78, 5) is 1.98. The van der Waals surface area contributed by atoms with Crippen LogP contribution >= 0.6 is 0 Å². The molecule has 166 valence electrons. The maximum Gasteiger partial charge on any atom is 0.387 e. The highest BCUT2D eigenvalue weighted by atomic mass is 19.3. The first-order valence-electron chi connectivity index (χ1n) is 11.0. The molecule has 1 atom stereocenters. The molecule has 0 bridgehead atoms. The van der Waals surface area contributed by atoms with Crippen molar-refractivity contribution < 1.29 is 23.2 Å². The zero-order chi connectivity index (χ0) is 22.2. The molecule has 0 unspecified atom stereocenters. The first-order chi connectivity index (χ1) is 14.7. The second kappa shape index (κ2) is 8.23. The number of nitrogens with zero attached hydrogens (tertiary/aromatic N) is 2. The number of aliphatic hydroxyl groups is 1. The molecule has 0 aromatic heterocycles. The molecule has 2 aromatic carbocycles. The van der Waals surface area contributed by atoms with Crippen LogP contribution in [0.25, 0.3) is 0 Å². The van der Waals surface area contributed by atoms with Crippen LogP contribution in [-0.2, 0) is 11.1 Å². The van der Waals surface area contributed by atoms with Crippen LogP contribution in [0.5, 0.6) is 5.75 Å². The molecule has 0 spiro atoms. The monoisotopic (exact) mass is 429 g/mol. The third-order valence-electron chi connectivity index (χ3n) is 6.27. The van der Waals surface area contributed by atoms with Crippen molar-refractivity contribution in [1.29, 1.82) is 0 Å². The van der Waals surface area contributed by atoms with Crippen molar-refractivity contribution in [3.8, 4) is 5.75 Å². The van der Waals surface area contributed by atoms with Crippen molar-refractivity contribution >= 4 is 11.5 Å². The van der Waals surface area contributed by atoms with E-state index in [4.69, 9.17) is 0 Å². The lowest BCUT2D eigenvalue weighted by molar-refractivity contribution is -0.534. The summed E-state index contributed by atoms with van der Waals surface area (Å²) < 4.78 is 31.9. The smallest absolute Gasteiger partial charge is 0.387 e. The highest BCUT2D eigenvalue weighted by Gasteiger charge is 2.54.